The molecule has 0 saturated carbocycles. The Bertz CT molecular complexity index is 603. The SMILES string of the molecule is CC(=O)N1CC[C@@H](OC(=O)c2cc(Cl)cc(C(F)(F)F)c2)C1. The third-order valence-corrected chi connectivity index (χ3v) is 3.54. The minimum atomic E-state index is -4.60. The molecule has 1 saturated heterocycles. The number of amides is 1. The smallest absolute Gasteiger partial charge is 0.416 e. The zero-order chi connectivity index (χ0) is 16.5. The van der Waals surface area contributed by atoms with Crippen molar-refractivity contribution < 1.29 is 27.5 Å². The van der Waals surface area contributed by atoms with Crippen molar-refractivity contribution in [2.75, 3.05) is 13.1 Å². The van der Waals surface area contributed by atoms with Crippen LogP contribution in [0.1, 0.15) is 29.3 Å². The number of nitrogens with zero attached hydrogens (tertiary/aromatic N) is 1. The maximum absolute atomic E-state index is 12.7. The summed E-state index contributed by atoms with van der Waals surface area (Å²) >= 11 is 5.62. The highest BCUT2D eigenvalue weighted by atomic mass is 35.5. The van der Waals surface area contributed by atoms with Gasteiger partial charge in [-0.25, -0.2) is 4.79 Å². The Hall–Kier alpha value is -1.76. The summed E-state index contributed by atoms with van der Waals surface area (Å²) in [6.45, 7) is 2.10. The van der Waals surface area contributed by atoms with Crippen molar-refractivity contribution in [2.24, 2.45) is 0 Å². The molecular formula is C14H13ClF3NO3. The van der Waals surface area contributed by atoms with Crippen molar-refractivity contribution in [3.05, 3.63) is 34.3 Å². The van der Waals surface area contributed by atoms with E-state index < -0.39 is 23.8 Å². The van der Waals surface area contributed by atoms with Gasteiger partial charge in [-0.3, -0.25) is 4.79 Å². The molecule has 1 amide bonds. The van der Waals surface area contributed by atoms with E-state index in [1.165, 1.54) is 11.8 Å². The lowest BCUT2D eigenvalue weighted by Gasteiger charge is -2.15. The van der Waals surface area contributed by atoms with Gasteiger partial charge in [0.2, 0.25) is 5.91 Å². The number of rotatable bonds is 2. The second-order valence-corrected chi connectivity index (χ2v) is 5.44. The first kappa shape index (κ1) is 16.6. The number of hydrogen-bond donors (Lipinski definition) is 0. The molecule has 1 fully saturated rings. The predicted molar refractivity (Wildman–Crippen MR) is 72.5 cm³/mol. The van der Waals surface area contributed by atoms with Gasteiger partial charge in [0, 0.05) is 24.9 Å². The number of hydrogen-bond acceptors (Lipinski definition) is 3. The molecule has 0 N–H and O–H groups in total. The number of esters is 1. The first-order valence-corrected chi connectivity index (χ1v) is 6.89. The van der Waals surface area contributed by atoms with Crippen molar-refractivity contribution in [1.82, 2.24) is 4.90 Å². The molecule has 0 aromatic heterocycles. The second kappa shape index (κ2) is 6.16. The molecule has 1 aromatic carbocycles. The minimum absolute atomic E-state index is 0.138. The molecule has 0 spiro atoms. The molecule has 1 aromatic rings. The number of carbonyl (C=O) groups excluding carboxylic acids is 2. The third kappa shape index (κ3) is 3.91. The Morgan fingerprint density at radius 3 is 2.55 bits per heavy atom. The summed E-state index contributed by atoms with van der Waals surface area (Å²) in [6, 6.07) is 2.56. The zero-order valence-electron chi connectivity index (χ0n) is 11.6. The summed E-state index contributed by atoms with van der Waals surface area (Å²) in [4.78, 5) is 24.7. The number of benzene rings is 1. The van der Waals surface area contributed by atoms with Crippen LogP contribution in [0, 0.1) is 0 Å². The van der Waals surface area contributed by atoms with E-state index >= 15 is 0 Å². The fourth-order valence-corrected chi connectivity index (χ4v) is 2.44. The van der Waals surface area contributed by atoms with E-state index in [0.29, 0.717) is 19.0 Å². The van der Waals surface area contributed by atoms with Crippen molar-refractivity contribution in [2.45, 2.75) is 25.6 Å². The number of carbonyl (C=O) groups is 2. The van der Waals surface area contributed by atoms with Crippen LogP contribution >= 0.6 is 11.6 Å². The topological polar surface area (TPSA) is 46.6 Å². The van der Waals surface area contributed by atoms with Crippen LogP contribution in [0.5, 0.6) is 0 Å². The summed E-state index contributed by atoms with van der Waals surface area (Å²) in [7, 11) is 0. The highest BCUT2D eigenvalue weighted by Crippen LogP contribution is 2.32. The average Bonchev–Trinajstić information content (AvgIpc) is 2.85. The van der Waals surface area contributed by atoms with Crippen LogP contribution in [0.25, 0.3) is 0 Å². The lowest BCUT2D eigenvalue weighted by Crippen LogP contribution is -2.28. The Balaban J connectivity index is 2.10. The van der Waals surface area contributed by atoms with E-state index in [9.17, 15) is 22.8 Å². The van der Waals surface area contributed by atoms with Crippen LogP contribution in [-0.4, -0.2) is 36.0 Å². The maximum Gasteiger partial charge on any atom is 0.416 e. The molecule has 0 unspecified atom stereocenters. The molecule has 1 aliphatic rings. The van der Waals surface area contributed by atoms with E-state index in [4.69, 9.17) is 16.3 Å². The second-order valence-electron chi connectivity index (χ2n) is 5.01. The molecule has 1 atom stereocenters. The molecule has 0 aliphatic carbocycles. The molecule has 22 heavy (non-hydrogen) atoms. The molecule has 4 nitrogen and oxygen atoms in total. The molecule has 8 heteroatoms. The van der Waals surface area contributed by atoms with Crippen molar-refractivity contribution in [1.29, 1.82) is 0 Å². The van der Waals surface area contributed by atoms with Crippen molar-refractivity contribution >= 4 is 23.5 Å². The van der Waals surface area contributed by atoms with Crippen LogP contribution in [0.2, 0.25) is 5.02 Å². The van der Waals surface area contributed by atoms with Crippen LogP contribution in [0.15, 0.2) is 18.2 Å². The quantitative estimate of drug-likeness (QED) is 0.780. The van der Waals surface area contributed by atoms with Crippen LogP contribution in [-0.2, 0) is 15.7 Å². The van der Waals surface area contributed by atoms with Gasteiger partial charge in [-0.15, -0.1) is 0 Å². The number of halogens is 4. The van der Waals surface area contributed by atoms with Gasteiger partial charge < -0.3 is 9.64 Å². The van der Waals surface area contributed by atoms with Crippen LogP contribution in [0.3, 0.4) is 0 Å². The van der Waals surface area contributed by atoms with Crippen LogP contribution < -0.4 is 0 Å². The van der Waals surface area contributed by atoms with Gasteiger partial charge in [0.1, 0.15) is 6.10 Å². The van der Waals surface area contributed by atoms with Gasteiger partial charge >= 0.3 is 12.1 Å². The van der Waals surface area contributed by atoms with Gasteiger partial charge in [-0.05, 0) is 18.2 Å². The molecular weight excluding hydrogens is 323 g/mol. The largest absolute Gasteiger partial charge is 0.457 e. The Kier molecular flexibility index (Phi) is 4.65. The fourth-order valence-electron chi connectivity index (χ4n) is 2.20. The van der Waals surface area contributed by atoms with E-state index in [0.717, 1.165) is 12.1 Å². The van der Waals surface area contributed by atoms with Gasteiger partial charge in [0.05, 0.1) is 17.7 Å². The summed E-state index contributed by atoms with van der Waals surface area (Å²) in [5.41, 5.74) is -1.27. The van der Waals surface area contributed by atoms with E-state index in [-0.39, 0.29) is 23.0 Å². The normalized spacial score (nSPS) is 18.4. The zero-order valence-corrected chi connectivity index (χ0v) is 12.4. The molecule has 120 valence electrons. The predicted octanol–water partition coefficient (Wildman–Crippen LogP) is 3.14. The first-order valence-electron chi connectivity index (χ1n) is 6.51. The number of likely N-dealkylation sites (tertiary alicyclic amines) is 1. The van der Waals surface area contributed by atoms with Gasteiger partial charge in [0.25, 0.3) is 0 Å². The first-order chi connectivity index (χ1) is 10.2. The molecule has 1 heterocycles. The fraction of sp³-hybridized carbons (Fsp3) is 0.429. The number of ether oxygens (including phenoxy) is 1. The molecule has 0 bridgehead atoms. The Morgan fingerprint density at radius 1 is 1.32 bits per heavy atom. The lowest BCUT2D eigenvalue weighted by atomic mass is 10.1. The molecule has 1 aliphatic heterocycles. The summed E-state index contributed by atoms with van der Waals surface area (Å²) in [5.74, 6) is -1.02. The van der Waals surface area contributed by atoms with E-state index in [2.05, 4.69) is 0 Å². The standard InChI is InChI=1S/C14H13ClF3NO3/c1-8(20)19-3-2-12(7-19)22-13(21)9-4-10(14(16,17)18)6-11(15)5-9/h4-6,12H,2-3,7H2,1H3/t12-/m1/s1. The van der Waals surface area contributed by atoms with Crippen molar-refractivity contribution in [3.63, 3.8) is 0 Å². The average molecular weight is 336 g/mol. The summed E-state index contributed by atoms with van der Waals surface area (Å²) in [5, 5.41) is -0.196. The van der Waals surface area contributed by atoms with Gasteiger partial charge in [0.15, 0.2) is 0 Å². The molecule has 0 radical (unpaired) electrons. The van der Waals surface area contributed by atoms with Gasteiger partial charge in [-0.2, -0.15) is 13.2 Å². The van der Waals surface area contributed by atoms with Crippen molar-refractivity contribution in [3.8, 4) is 0 Å². The maximum atomic E-state index is 12.7. The monoisotopic (exact) mass is 335 g/mol. The Labute approximate surface area is 129 Å². The van der Waals surface area contributed by atoms with E-state index in [1.54, 1.807) is 0 Å². The summed E-state index contributed by atoms with van der Waals surface area (Å²) in [6.07, 6.45) is -4.67. The molecule has 2 rings (SSSR count). The Morgan fingerprint density at radius 2 is 2.00 bits per heavy atom. The minimum Gasteiger partial charge on any atom is -0.457 e. The van der Waals surface area contributed by atoms with Gasteiger partial charge in [-0.1, -0.05) is 11.6 Å². The van der Waals surface area contributed by atoms with E-state index in [1.807, 2.05) is 0 Å². The lowest BCUT2D eigenvalue weighted by molar-refractivity contribution is -0.137. The van der Waals surface area contributed by atoms with Crippen LogP contribution in [0.4, 0.5) is 13.2 Å². The third-order valence-electron chi connectivity index (χ3n) is 3.32. The summed E-state index contributed by atoms with van der Waals surface area (Å²) < 4.78 is 43.2. The highest BCUT2D eigenvalue weighted by Gasteiger charge is 2.33. The number of alkyl halides is 3. The highest BCUT2D eigenvalue weighted by molar-refractivity contribution is 6.31.